The fourth-order valence-corrected chi connectivity index (χ4v) is 2.31. The van der Waals surface area contributed by atoms with Crippen molar-refractivity contribution in [3.63, 3.8) is 0 Å². The van der Waals surface area contributed by atoms with Crippen molar-refractivity contribution in [3.8, 4) is 0 Å². The first kappa shape index (κ1) is 13.6. The quantitative estimate of drug-likeness (QED) is 0.693. The van der Waals surface area contributed by atoms with Gasteiger partial charge in [-0.25, -0.2) is 0 Å². The van der Waals surface area contributed by atoms with Crippen LogP contribution in [0.1, 0.15) is 12.8 Å². The van der Waals surface area contributed by atoms with Gasteiger partial charge in [0, 0.05) is 29.5 Å². The molecule has 21 heavy (non-hydrogen) atoms. The molecule has 0 atom stereocenters. The summed E-state index contributed by atoms with van der Waals surface area (Å²) in [5.74, 6) is 0. The number of nitrogens with one attached hydrogen (secondary N) is 1. The number of nitro benzene ring substituents is 1. The highest BCUT2D eigenvalue weighted by Crippen LogP contribution is 2.52. The van der Waals surface area contributed by atoms with Crippen LogP contribution in [0, 0.1) is 10.1 Å². The maximum atomic E-state index is 13.0. The molecular weight excluding hydrogens is 287 g/mol. The van der Waals surface area contributed by atoms with Crippen molar-refractivity contribution < 1.29 is 18.1 Å². The minimum atomic E-state index is -4.35. The predicted octanol–water partition coefficient (Wildman–Crippen LogP) is 3.65. The molecule has 0 radical (unpaired) electrons. The third-order valence-electron chi connectivity index (χ3n) is 3.66. The maximum absolute atomic E-state index is 13.0. The average Bonchev–Trinajstić information content (AvgIpc) is 3.19. The molecule has 8 heteroatoms. The molecule has 0 saturated heterocycles. The van der Waals surface area contributed by atoms with Crippen LogP contribution >= 0.6 is 0 Å². The summed E-state index contributed by atoms with van der Waals surface area (Å²) in [5, 5.41) is 14.0. The van der Waals surface area contributed by atoms with Gasteiger partial charge in [0.15, 0.2) is 0 Å². The van der Waals surface area contributed by atoms with E-state index in [1.807, 2.05) is 0 Å². The Morgan fingerprint density at radius 3 is 2.52 bits per heavy atom. The van der Waals surface area contributed by atoms with Crippen molar-refractivity contribution in [2.45, 2.75) is 24.6 Å². The molecule has 0 bridgehead atoms. The van der Waals surface area contributed by atoms with E-state index in [4.69, 9.17) is 0 Å². The van der Waals surface area contributed by atoms with Crippen molar-refractivity contribution >= 4 is 22.1 Å². The zero-order chi connectivity index (χ0) is 15.3. The number of rotatable bonds is 3. The second-order valence-electron chi connectivity index (χ2n) is 5.02. The molecule has 0 amide bonds. The first-order valence-electron chi connectivity index (χ1n) is 6.20. The number of non-ortho nitro benzene ring substituents is 1. The SMILES string of the molecule is O=[N+]([O-])c1ccc(NC2(C(F)(F)F)CC2)c2ccncc12. The third kappa shape index (κ3) is 2.16. The van der Waals surface area contributed by atoms with E-state index < -0.39 is 16.6 Å². The van der Waals surface area contributed by atoms with Gasteiger partial charge in [0.25, 0.3) is 5.69 Å². The van der Waals surface area contributed by atoms with Gasteiger partial charge < -0.3 is 5.32 Å². The first-order chi connectivity index (χ1) is 9.84. The number of aromatic nitrogens is 1. The molecule has 1 aromatic heterocycles. The number of benzene rings is 1. The normalized spacial score (nSPS) is 16.7. The van der Waals surface area contributed by atoms with Crippen LogP contribution in [0.25, 0.3) is 10.8 Å². The van der Waals surface area contributed by atoms with Gasteiger partial charge >= 0.3 is 6.18 Å². The van der Waals surface area contributed by atoms with E-state index in [9.17, 15) is 23.3 Å². The molecule has 1 aromatic carbocycles. The highest BCUT2D eigenvalue weighted by molar-refractivity contribution is 5.99. The summed E-state index contributed by atoms with van der Waals surface area (Å²) in [6.45, 7) is 0. The van der Waals surface area contributed by atoms with Gasteiger partial charge in [-0.3, -0.25) is 15.1 Å². The topological polar surface area (TPSA) is 68.1 Å². The van der Waals surface area contributed by atoms with Gasteiger partial charge in [-0.2, -0.15) is 13.2 Å². The van der Waals surface area contributed by atoms with Crippen molar-refractivity contribution in [1.82, 2.24) is 4.98 Å². The van der Waals surface area contributed by atoms with Gasteiger partial charge in [0.2, 0.25) is 0 Å². The smallest absolute Gasteiger partial charge is 0.371 e. The van der Waals surface area contributed by atoms with E-state index in [1.54, 1.807) is 0 Å². The summed E-state index contributed by atoms with van der Waals surface area (Å²) in [5.41, 5.74) is -1.87. The molecule has 1 aliphatic carbocycles. The van der Waals surface area contributed by atoms with Crippen LogP contribution in [0.2, 0.25) is 0 Å². The van der Waals surface area contributed by atoms with Gasteiger partial charge in [-0.1, -0.05) is 0 Å². The summed E-state index contributed by atoms with van der Waals surface area (Å²) >= 11 is 0. The monoisotopic (exact) mass is 297 g/mol. The van der Waals surface area contributed by atoms with Crippen LogP contribution in [-0.2, 0) is 0 Å². The Bertz CT molecular complexity index is 726. The number of hydrogen-bond donors (Lipinski definition) is 1. The highest BCUT2D eigenvalue weighted by atomic mass is 19.4. The molecule has 2 aromatic rings. The molecule has 1 heterocycles. The lowest BCUT2D eigenvalue weighted by molar-refractivity contribution is -0.383. The Balaban J connectivity index is 2.09. The van der Waals surface area contributed by atoms with E-state index in [2.05, 4.69) is 10.3 Å². The number of alkyl halides is 3. The van der Waals surface area contributed by atoms with Gasteiger partial charge in [0.05, 0.1) is 10.3 Å². The summed E-state index contributed by atoms with van der Waals surface area (Å²) in [6, 6.07) is 3.97. The molecule has 1 fully saturated rings. The number of fused-ring (bicyclic) bond motifs is 1. The molecule has 0 unspecified atom stereocenters. The van der Waals surface area contributed by atoms with E-state index in [0.717, 1.165) is 0 Å². The fraction of sp³-hybridized carbons (Fsp3) is 0.308. The largest absolute Gasteiger partial charge is 0.411 e. The van der Waals surface area contributed by atoms with Crippen LogP contribution in [-0.4, -0.2) is 21.6 Å². The minimum Gasteiger partial charge on any atom is -0.371 e. The molecule has 1 N–H and O–H groups in total. The zero-order valence-electron chi connectivity index (χ0n) is 10.6. The van der Waals surface area contributed by atoms with E-state index in [1.165, 1.54) is 30.6 Å². The number of nitrogens with zero attached hydrogens (tertiary/aromatic N) is 2. The molecule has 0 spiro atoms. The van der Waals surface area contributed by atoms with Crippen molar-refractivity contribution in [1.29, 1.82) is 0 Å². The lowest BCUT2D eigenvalue weighted by atomic mass is 10.1. The Morgan fingerprint density at radius 1 is 1.24 bits per heavy atom. The van der Waals surface area contributed by atoms with Crippen LogP contribution in [0.3, 0.4) is 0 Å². The van der Waals surface area contributed by atoms with Gasteiger partial charge in [-0.15, -0.1) is 0 Å². The van der Waals surface area contributed by atoms with Crippen LogP contribution in [0.15, 0.2) is 30.6 Å². The summed E-state index contributed by atoms with van der Waals surface area (Å²) in [7, 11) is 0. The third-order valence-corrected chi connectivity index (χ3v) is 3.66. The van der Waals surface area contributed by atoms with Crippen molar-refractivity contribution in [2.75, 3.05) is 5.32 Å². The van der Waals surface area contributed by atoms with Gasteiger partial charge in [0.1, 0.15) is 5.54 Å². The van der Waals surface area contributed by atoms with Crippen molar-refractivity contribution in [3.05, 3.63) is 40.7 Å². The Hall–Kier alpha value is -2.38. The number of hydrogen-bond acceptors (Lipinski definition) is 4. The Labute approximate surface area is 116 Å². The number of nitro groups is 1. The maximum Gasteiger partial charge on any atom is 0.411 e. The highest BCUT2D eigenvalue weighted by Gasteiger charge is 2.63. The second-order valence-corrected chi connectivity index (χ2v) is 5.02. The standard InChI is InChI=1S/C13H10F3N3O2/c14-13(15,16)12(4-5-12)18-10-1-2-11(19(20)21)9-7-17-6-3-8(9)10/h1-3,6-7,18H,4-5H2. The lowest BCUT2D eigenvalue weighted by Crippen LogP contribution is -2.38. The molecule has 1 saturated carbocycles. The summed E-state index contributed by atoms with van der Waals surface area (Å²) in [4.78, 5) is 14.2. The van der Waals surface area contributed by atoms with Gasteiger partial charge in [-0.05, 0) is 25.0 Å². The first-order valence-corrected chi connectivity index (χ1v) is 6.20. The summed E-state index contributed by atoms with van der Waals surface area (Å²) in [6.07, 6.45) is -1.68. The number of halogens is 3. The van der Waals surface area contributed by atoms with E-state index in [0.29, 0.717) is 5.39 Å². The van der Waals surface area contributed by atoms with E-state index >= 15 is 0 Å². The second kappa shape index (κ2) is 4.31. The molecule has 110 valence electrons. The molecular formula is C13H10F3N3O2. The lowest BCUT2D eigenvalue weighted by Gasteiger charge is -2.22. The zero-order valence-corrected chi connectivity index (χ0v) is 10.6. The predicted molar refractivity (Wildman–Crippen MR) is 70.0 cm³/mol. The number of pyridine rings is 1. The molecule has 5 nitrogen and oxygen atoms in total. The van der Waals surface area contributed by atoms with Crippen molar-refractivity contribution in [2.24, 2.45) is 0 Å². The summed E-state index contributed by atoms with van der Waals surface area (Å²) < 4.78 is 39.0. The Morgan fingerprint density at radius 2 is 1.95 bits per heavy atom. The average molecular weight is 297 g/mol. The molecule has 0 aliphatic heterocycles. The van der Waals surface area contributed by atoms with Crippen LogP contribution in [0.5, 0.6) is 0 Å². The minimum absolute atomic E-state index is 0.0000639. The van der Waals surface area contributed by atoms with E-state index in [-0.39, 0.29) is 29.6 Å². The van der Waals surface area contributed by atoms with Crippen LogP contribution in [0.4, 0.5) is 24.5 Å². The Kier molecular flexibility index (Phi) is 2.79. The molecule has 1 aliphatic rings. The fourth-order valence-electron chi connectivity index (χ4n) is 2.31. The molecule has 3 rings (SSSR count). The number of anilines is 1. The van der Waals surface area contributed by atoms with Crippen LogP contribution < -0.4 is 5.32 Å².